The van der Waals surface area contributed by atoms with Gasteiger partial charge in [-0.15, -0.1) is 0 Å². The lowest BCUT2D eigenvalue weighted by Crippen LogP contribution is -2.44. The van der Waals surface area contributed by atoms with E-state index in [0.29, 0.717) is 11.6 Å². The van der Waals surface area contributed by atoms with Gasteiger partial charge in [-0.2, -0.15) is 0 Å². The molecule has 0 radical (unpaired) electrons. The number of nitrogens with one attached hydrogen (secondary N) is 1. The summed E-state index contributed by atoms with van der Waals surface area (Å²) in [7, 11) is 1.83. The summed E-state index contributed by atoms with van der Waals surface area (Å²) in [5, 5.41) is 11.7. The quantitative estimate of drug-likeness (QED) is 0.896. The lowest BCUT2D eigenvalue weighted by Gasteiger charge is -2.36. The van der Waals surface area contributed by atoms with Crippen molar-refractivity contribution in [2.24, 2.45) is 5.92 Å². The molecule has 0 aromatic heterocycles. The third-order valence-electron chi connectivity index (χ3n) is 4.27. The molecule has 21 heavy (non-hydrogen) atoms. The van der Waals surface area contributed by atoms with E-state index in [0.717, 1.165) is 12.8 Å². The first-order valence-corrected chi connectivity index (χ1v) is 7.36. The van der Waals surface area contributed by atoms with Crippen LogP contribution < -0.4 is 5.32 Å². The highest BCUT2D eigenvalue weighted by Gasteiger charge is 2.27. The minimum absolute atomic E-state index is 0.142. The largest absolute Gasteiger partial charge is 0.478 e. The summed E-state index contributed by atoms with van der Waals surface area (Å²) in [4.78, 5) is 24.8. The monoisotopic (exact) mass is 290 g/mol. The van der Waals surface area contributed by atoms with Crippen LogP contribution in [0.5, 0.6) is 0 Å². The van der Waals surface area contributed by atoms with Crippen molar-refractivity contribution < 1.29 is 14.7 Å². The topological polar surface area (TPSA) is 69.6 Å². The summed E-state index contributed by atoms with van der Waals surface area (Å²) in [6.07, 6.45) is 4.61. The zero-order valence-corrected chi connectivity index (χ0v) is 12.5. The number of carboxylic acids is 1. The molecular weight excluding hydrogens is 268 g/mol. The molecule has 5 nitrogen and oxygen atoms in total. The van der Waals surface area contributed by atoms with Crippen molar-refractivity contribution >= 4 is 17.7 Å². The fourth-order valence-corrected chi connectivity index (χ4v) is 2.93. The minimum Gasteiger partial charge on any atom is -0.478 e. The highest BCUT2D eigenvalue weighted by Crippen LogP contribution is 2.27. The first kappa shape index (κ1) is 15.4. The molecule has 0 bridgehead atoms. The van der Waals surface area contributed by atoms with Crippen LogP contribution in [0.4, 0.5) is 10.5 Å². The Balaban J connectivity index is 1.98. The number of anilines is 1. The van der Waals surface area contributed by atoms with Gasteiger partial charge in [-0.3, -0.25) is 0 Å². The van der Waals surface area contributed by atoms with Crippen molar-refractivity contribution in [2.45, 2.75) is 38.6 Å². The third-order valence-corrected chi connectivity index (χ3v) is 4.27. The highest BCUT2D eigenvalue weighted by atomic mass is 16.4. The zero-order chi connectivity index (χ0) is 15.4. The maximum Gasteiger partial charge on any atom is 0.335 e. The molecule has 0 aliphatic heterocycles. The molecule has 1 aromatic rings. The van der Waals surface area contributed by atoms with Crippen molar-refractivity contribution in [3.05, 3.63) is 29.8 Å². The van der Waals surface area contributed by atoms with Gasteiger partial charge in [-0.05, 0) is 43.0 Å². The number of amides is 2. The lowest BCUT2D eigenvalue weighted by atomic mass is 9.85. The smallest absolute Gasteiger partial charge is 0.335 e. The van der Waals surface area contributed by atoms with Crippen LogP contribution in [0.1, 0.15) is 43.0 Å². The predicted molar refractivity (Wildman–Crippen MR) is 81.6 cm³/mol. The Morgan fingerprint density at radius 2 is 1.81 bits per heavy atom. The SMILES string of the molecule is CC1CCCCC1N(C)C(=O)Nc1ccc(C(=O)O)cc1. The molecule has 2 rings (SSSR count). The lowest BCUT2D eigenvalue weighted by molar-refractivity contribution is 0.0697. The molecule has 1 aliphatic rings. The molecule has 1 fully saturated rings. The van der Waals surface area contributed by atoms with Crippen LogP contribution in [-0.4, -0.2) is 35.1 Å². The Morgan fingerprint density at radius 1 is 1.19 bits per heavy atom. The van der Waals surface area contributed by atoms with Crippen LogP contribution in [0.3, 0.4) is 0 Å². The van der Waals surface area contributed by atoms with Gasteiger partial charge in [0.2, 0.25) is 0 Å². The van der Waals surface area contributed by atoms with E-state index in [4.69, 9.17) is 5.11 Å². The first-order valence-electron chi connectivity index (χ1n) is 7.36. The fraction of sp³-hybridized carbons (Fsp3) is 0.500. The van der Waals surface area contributed by atoms with Gasteiger partial charge < -0.3 is 15.3 Å². The van der Waals surface area contributed by atoms with Gasteiger partial charge in [0.25, 0.3) is 0 Å². The van der Waals surface area contributed by atoms with Crippen LogP contribution in [0.25, 0.3) is 0 Å². The van der Waals surface area contributed by atoms with E-state index in [-0.39, 0.29) is 17.6 Å². The molecule has 5 heteroatoms. The van der Waals surface area contributed by atoms with Gasteiger partial charge in [-0.25, -0.2) is 9.59 Å². The van der Waals surface area contributed by atoms with E-state index in [1.807, 2.05) is 7.05 Å². The number of aromatic carboxylic acids is 1. The molecule has 1 saturated carbocycles. The molecule has 2 unspecified atom stereocenters. The van der Waals surface area contributed by atoms with E-state index < -0.39 is 5.97 Å². The van der Waals surface area contributed by atoms with Crippen LogP contribution in [0, 0.1) is 5.92 Å². The molecule has 2 amide bonds. The second-order valence-electron chi connectivity index (χ2n) is 5.75. The Bertz CT molecular complexity index is 513. The molecule has 0 saturated heterocycles. The summed E-state index contributed by atoms with van der Waals surface area (Å²) < 4.78 is 0. The summed E-state index contributed by atoms with van der Waals surface area (Å²) in [5.41, 5.74) is 0.822. The Morgan fingerprint density at radius 3 is 2.38 bits per heavy atom. The molecular formula is C16H22N2O3. The van der Waals surface area contributed by atoms with Crippen LogP contribution >= 0.6 is 0 Å². The number of carbonyl (C=O) groups excluding carboxylic acids is 1. The number of carbonyl (C=O) groups is 2. The predicted octanol–water partition coefficient (Wildman–Crippen LogP) is 3.43. The second kappa shape index (κ2) is 6.61. The van der Waals surface area contributed by atoms with Gasteiger partial charge in [0.1, 0.15) is 0 Å². The van der Waals surface area contributed by atoms with Gasteiger partial charge in [-0.1, -0.05) is 19.8 Å². The van der Waals surface area contributed by atoms with Gasteiger partial charge in [0.05, 0.1) is 5.56 Å². The van der Waals surface area contributed by atoms with Gasteiger partial charge >= 0.3 is 12.0 Å². The second-order valence-corrected chi connectivity index (χ2v) is 5.75. The summed E-state index contributed by atoms with van der Waals surface area (Å²) in [6.45, 7) is 2.19. The highest BCUT2D eigenvalue weighted by molar-refractivity contribution is 5.91. The van der Waals surface area contributed by atoms with E-state index >= 15 is 0 Å². The average Bonchev–Trinajstić information content (AvgIpc) is 2.47. The van der Waals surface area contributed by atoms with Crippen LogP contribution in [-0.2, 0) is 0 Å². The number of hydrogen-bond acceptors (Lipinski definition) is 2. The Kier molecular flexibility index (Phi) is 4.83. The molecule has 0 heterocycles. The van der Waals surface area contributed by atoms with E-state index in [1.54, 1.807) is 17.0 Å². The number of nitrogens with zero attached hydrogens (tertiary/aromatic N) is 1. The molecule has 2 atom stereocenters. The fourth-order valence-electron chi connectivity index (χ4n) is 2.93. The standard InChI is InChI=1S/C16H22N2O3/c1-11-5-3-4-6-14(11)18(2)16(21)17-13-9-7-12(8-10-13)15(19)20/h7-11,14H,3-6H2,1-2H3,(H,17,21)(H,19,20). The number of rotatable bonds is 3. The van der Waals surface area contributed by atoms with Crippen LogP contribution in [0.15, 0.2) is 24.3 Å². The van der Waals surface area contributed by atoms with Gasteiger partial charge in [0, 0.05) is 18.8 Å². The first-order chi connectivity index (χ1) is 9.99. The maximum atomic E-state index is 12.3. The number of benzene rings is 1. The van der Waals surface area contributed by atoms with E-state index in [1.165, 1.54) is 25.0 Å². The summed E-state index contributed by atoms with van der Waals surface area (Å²) >= 11 is 0. The van der Waals surface area contributed by atoms with E-state index in [9.17, 15) is 9.59 Å². The third kappa shape index (κ3) is 3.74. The van der Waals surface area contributed by atoms with Crippen molar-refractivity contribution in [3.8, 4) is 0 Å². The average molecular weight is 290 g/mol. The van der Waals surface area contributed by atoms with Crippen molar-refractivity contribution in [1.29, 1.82) is 0 Å². The molecule has 1 aromatic carbocycles. The molecule has 0 spiro atoms. The van der Waals surface area contributed by atoms with Crippen molar-refractivity contribution in [1.82, 2.24) is 4.90 Å². The maximum absolute atomic E-state index is 12.3. The molecule has 2 N–H and O–H groups in total. The van der Waals surface area contributed by atoms with Crippen molar-refractivity contribution in [3.63, 3.8) is 0 Å². The van der Waals surface area contributed by atoms with E-state index in [2.05, 4.69) is 12.2 Å². The van der Waals surface area contributed by atoms with Crippen LogP contribution in [0.2, 0.25) is 0 Å². The van der Waals surface area contributed by atoms with Gasteiger partial charge in [0.15, 0.2) is 0 Å². The normalized spacial score (nSPS) is 21.6. The molecule has 114 valence electrons. The summed E-state index contributed by atoms with van der Waals surface area (Å²) in [5.74, 6) is -0.454. The Labute approximate surface area is 125 Å². The number of carboxylic acid groups (broad SMARTS) is 1. The minimum atomic E-state index is -0.971. The number of urea groups is 1. The zero-order valence-electron chi connectivity index (χ0n) is 12.5. The molecule has 1 aliphatic carbocycles. The summed E-state index contributed by atoms with van der Waals surface area (Å²) in [6, 6.07) is 6.33. The number of hydrogen-bond donors (Lipinski definition) is 2. The van der Waals surface area contributed by atoms with Crippen molar-refractivity contribution in [2.75, 3.05) is 12.4 Å². The Hall–Kier alpha value is -2.04.